The van der Waals surface area contributed by atoms with Gasteiger partial charge in [-0.15, -0.1) is 0 Å². The second kappa shape index (κ2) is 9.74. The Morgan fingerprint density at radius 2 is 1.77 bits per heavy atom. The van der Waals surface area contributed by atoms with E-state index >= 15 is 0 Å². The van der Waals surface area contributed by atoms with Crippen molar-refractivity contribution in [3.63, 3.8) is 0 Å². The standard InChI is InChI=1S/C25H25NO4/c1-17(2)30-23-11-12-24(18(3)13-23)20-6-4-5-19(14-20)15-26-21-7-9-22(10-8-21)29-16-25(27)28/h4-15,17H,16H2,1-3H3,(H,27,28)/b26-15+. The molecule has 3 rings (SSSR count). The zero-order chi connectivity index (χ0) is 21.5. The van der Waals surface area contributed by atoms with Crippen LogP contribution in [0, 0.1) is 6.92 Å². The Hall–Kier alpha value is -3.60. The van der Waals surface area contributed by atoms with E-state index in [1.807, 2.05) is 38.3 Å². The van der Waals surface area contributed by atoms with Gasteiger partial charge in [0.05, 0.1) is 11.8 Å². The number of hydrogen-bond donors (Lipinski definition) is 1. The third kappa shape index (κ3) is 5.95. The van der Waals surface area contributed by atoms with Crippen molar-refractivity contribution in [2.24, 2.45) is 4.99 Å². The first-order valence-corrected chi connectivity index (χ1v) is 9.77. The number of carbonyl (C=O) groups is 1. The van der Waals surface area contributed by atoms with Gasteiger partial charge in [0, 0.05) is 6.21 Å². The molecule has 0 aliphatic heterocycles. The van der Waals surface area contributed by atoms with Gasteiger partial charge in [0.2, 0.25) is 0 Å². The molecule has 30 heavy (non-hydrogen) atoms. The number of carboxylic acids is 1. The summed E-state index contributed by atoms with van der Waals surface area (Å²) >= 11 is 0. The summed E-state index contributed by atoms with van der Waals surface area (Å²) in [5.41, 5.74) is 5.17. The molecular weight excluding hydrogens is 378 g/mol. The Morgan fingerprint density at radius 1 is 1.03 bits per heavy atom. The summed E-state index contributed by atoms with van der Waals surface area (Å²) in [5.74, 6) is 0.368. The molecule has 0 bridgehead atoms. The van der Waals surface area contributed by atoms with Crippen molar-refractivity contribution in [2.75, 3.05) is 6.61 Å². The molecule has 0 spiro atoms. The van der Waals surface area contributed by atoms with Crippen LogP contribution in [-0.2, 0) is 4.79 Å². The van der Waals surface area contributed by atoms with Gasteiger partial charge in [-0.2, -0.15) is 0 Å². The molecule has 0 saturated carbocycles. The summed E-state index contributed by atoms with van der Waals surface area (Å²) in [6.45, 7) is 5.75. The van der Waals surface area contributed by atoms with Crippen molar-refractivity contribution in [1.29, 1.82) is 0 Å². The number of rotatable bonds is 8. The molecular formula is C25H25NO4. The Labute approximate surface area is 176 Å². The van der Waals surface area contributed by atoms with Crippen LogP contribution >= 0.6 is 0 Å². The lowest BCUT2D eigenvalue weighted by Crippen LogP contribution is -2.09. The highest BCUT2D eigenvalue weighted by Crippen LogP contribution is 2.28. The summed E-state index contributed by atoms with van der Waals surface area (Å²) in [6, 6.07) is 21.3. The summed E-state index contributed by atoms with van der Waals surface area (Å²) in [6.07, 6.45) is 1.95. The molecule has 0 radical (unpaired) electrons. The van der Waals surface area contributed by atoms with Gasteiger partial charge in [0.1, 0.15) is 11.5 Å². The van der Waals surface area contributed by atoms with Gasteiger partial charge < -0.3 is 14.6 Å². The van der Waals surface area contributed by atoms with Crippen LogP contribution < -0.4 is 9.47 Å². The Bertz CT molecular complexity index is 1040. The van der Waals surface area contributed by atoms with Gasteiger partial charge in [0.25, 0.3) is 0 Å². The zero-order valence-corrected chi connectivity index (χ0v) is 17.3. The van der Waals surface area contributed by atoms with Gasteiger partial charge in [-0.3, -0.25) is 4.99 Å². The number of aliphatic imine (C=N–C) groups is 1. The SMILES string of the molecule is Cc1cc(OC(C)C)ccc1-c1cccc(/C=N/c2ccc(OCC(=O)O)cc2)c1. The molecule has 3 aromatic carbocycles. The first kappa shape index (κ1) is 21.1. The molecule has 0 fully saturated rings. The van der Waals surface area contributed by atoms with Crippen LogP contribution in [-0.4, -0.2) is 30.0 Å². The Morgan fingerprint density at radius 3 is 2.43 bits per heavy atom. The number of aliphatic carboxylic acids is 1. The third-order valence-electron chi connectivity index (χ3n) is 4.33. The van der Waals surface area contributed by atoms with Crippen molar-refractivity contribution in [3.05, 3.63) is 77.9 Å². The fourth-order valence-electron chi connectivity index (χ4n) is 3.01. The molecule has 0 saturated heterocycles. The number of nitrogens with zero attached hydrogens (tertiary/aromatic N) is 1. The predicted octanol–water partition coefficient (Wildman–Crippen LogP) is 5.66. The fraction of sp³-hybridized carbons (Fsp3) is 0.200. The molecule has 3 aromatic rings. The van der Waals surface area contributed by atoms with Crippen LogP contribution in [0.3, 0.4) is 0 Å². The predicted molar refractivity (Wildman–Crippen MR) is 119 cm³/mol. The van der Waals surface area contributed by atoms with E-state index in [2.05, 4.69) is 36.2 Å². The maximum atomic E-state index is 10.6. The van der Waals surface area contributed by atoms with E-state index in [9.17, 15) is 4.79 Å². The Kier molecular flexibility index (Phi) is 6.86. The molecule has 0 aliphatic carbocycles. The average Bonchev–Trinajstić information content (AvgIpc) is 2.71. The molecule has 0 aliphatic rings. The normalized spacial score (nSPS) is 11.1. The van der Waals surface area contributed by atoms with E-state index in [0.29, 0.717) is 5.75 Å². The fourth-order valence-corrected chi connectivity index (χ4v) is 3.01. The van der Waals surface area contributed by atoms with E-state index in [1.165, 1.54) is 0 Å². The second-order valence-corrected chi connectivity index (χ2v) is 7.20. The number of ether oxygens (including phenoxy) is 2. The van der Waals surface area contributed by atoms with Crippen LogP contribution in [0.1, 0.15) is 25.0 Å². The van der Waals surface area contributed by atoms with Gasteiger partial charge in [-0.05, 0) is 85.5 Å². The number of benzene rings is 3. The zero-order valence-electron chi connectivity index (χ0n) is 17.3. The lowest BCUT2D eigenvalue weighted by atomic mass is 9.99. The number of aryl methyl sites for hydroxylation is 1. The molecule has 1 N–H and O–H groups in total. The highest BCUT2D eigenvalue weighted by molar-refractivity contribution is 5.85. The van der Waals surface area contributed by atoms with Gasteiger partial charge >= 0.3 is 5.97 Å². The maximum Gasteiger partial charge on any atom is 0.341 e. The first-order valence-electron chi connectivity index (χ1n) is 9.77. The van der Waals surface area contributed by atoms with E-state index < -0.39 is 5.97 Å². The van der Waals surface area contributed by atoms with Crippen LogP contribution in [0.2, 0.25) is 0 Å². The summed E-state index contributed by atoms with van der Waals surface area (Å²) in [5, 5.41) is 8.65. The smallest absolute Gasteiger partial charge is 0.341 e. The minimum Gasteiger partial charge on any atom is -0.491 e. The minimum atomic E-state index is -1.01. The minimum absolute atomic E-state index is 0.146. The number of hydrogen-bond acceptors (Lipinski definition) is 4. The molecule has 5 nitrogen and oxygen atoms in total. The molecule has 0 heterocycles. The van der Waals surface area contributed by atoms with Crippen LogP contribution in [0.15, 0.2) is 71.7 Å². The first-order chi connectivity index (χ1) is 14.4. The van der Waals surface area contributed by atoms with Crippen molar-refractivity contribution in [3.8, 4) is 22.6 Å². The Balaban J connectivity index is 1.73. The van der Waals surface area contributed by atoms with Crippen LogP contribution in [0.25, 0.3) is 11.1 Å². The highest BCUT2D eigenvalue weighted by atomic mass is 16.5. The lowest BCUT2D eigenvalue weighted by Gasteiger charge is -2.13. The third-order valence-corrected chi connectivity index (χ3v) is 4.33. The molecule has 0 aromatic heterocycles. The molecule has 154 valence electrons. The molecule has 0 atom stereocenters. The van der Waals surface area contributed by atoms with Gasteiger partial charge in [-0.1, -0.05) is 24.3 Å². The van der Waals surface area contributed by atoms with E-state index in [4.69, 9.17) is 14.6 Å². The van der Waals surface area contributed by atoms with Crippen LogP contribution in [0.4, 0.5) is 5.69 Å². The van der Waals surface area contributed by atoms with E-state index in [1.54, 1.807) is 24.3 Å². The lowest BCUT2D eigenvalue weighted by molar-refractivity contribution is -0.139. The molecule has 0 unspecified atom stereocenters. The maximum absolute atomic E-state index is 10.6. The monoisotopic (exact) mass is 403 g/mol. The van der Waals surface area contributed by atoms with Gasteiger partial charge in [-0.25, -0.2) is 4.79 Å². The van der Waals surface area contributed by atoms with Crippen molar-refractivity contribution in [2.45, 2.75) is 26.9 Å². The van der Waals surface area contributed by atoms with Crippen molar-refractivity contribution in [1.82, 2.24) is 0 Å². The van der Waals surface area contributed by atoms with Crippen molar-refractivity contribution >= 4 is 17.9 Å². The topological polar surface area (TPSA) is 68.1 Å². The summed E-state index contributed by atoms with van der Waals surface area (Å²) in [7, 11) is 0. The van der Waals surface area contributed by atoms with Crippen LogP contribution in [0.5, 0.6) is 11.5 Å². The summed E-state index contributed by atoms with van der Waals surface area (Å²) in [4.78, 5) is 15.1. The largest absolute Gasteiger partial charge is 0.491 e. The number of carboxylic acid groups (broad SMARTS) is 1. The summed E-state index contributed by atoms with van der Waals surface area (Å²) < 4.78 is 10.9. The quantitative estimate of drug-likeness (QED) is 0.493. The average molecular weight is 403 g/mol. The van der Waals surface area contributed by atoms with E-state index in [0.717, 1.165) is 33.7 Å². The van der Waals surface area contributed by atoms with Crippen molar-refractivity contribution < 1.29 is 19.4 Å². The van der Waals surface area contributed by atoms with E-state index in [-0.39, 0.29) is 12.7 Å². The molecule has 5 heteroatoms. The second-order valence-electron chi connectivity index (χ2n) is 7.20. The van der Waals surface area contributed by atoms with Gasteiger partial charge in [0.15, 0.2) is 6.61 Å². The highest BCUT2D eigenvalue weighted by Gasteiger charge is 2.06. The molecule has 0 amide bonds.